The first kappa shape index (κ1) is 21.2. The van der Waals surface area contributed by atoms with Gasteiger partial charge >= 0.3 is 5.97 Å². The van der Waals surface area contributed by atoms with E-state index in [2.05, 4.69) is 15.0 Å². The maximum atomic E-state index is 14.6. The number of benzene rings is 1. The molecule has 1 saturated heterocycles. The number of hydrogen-bond donors (Lipinski definition) is 1. The van der Waals surface area contributed by atoms with Crippen LogP contribution in [0, 0.1) is 12.8 Å². The van der Waals surface area contributed by atoms with Crippen LogP contribution in [-0.4, -0.2) is 70.6 Å². The molecule has 1 aliphatic rings. The SMILES string of the molecule is Cc1nn(-c2ccccc2)c2nc(C(=O)O)cc(N3CCC([C@H](F)CN(C)C)CC3)c12. The lowest BCUT2D eigenvalue weighted by Crippen LogP contribution is -2.39. The van der Waals surface area contributed by atoms with Gasteiger partial charge in [-0.3, -0.25) is 0 Å². The Hall–Kier alpha value is -3.00. The molecule has 1 atom stereocenters. The lowest BCUT2D eigenvalue weighted by Gasteiger charge is -2.35. The summed E-state index contributed by atoms with van der Waals surface area (Å²) in [5, 5.41) is 15.2. The Morgan fingerprint density at radius 3 is 2.55 bits per heavy atom. The minimum atomic E-state index is -1.08. The minimum Gasteiger partial charge on any atom is -0.477 e. The van der Waals surface area contributed by atoms with E-state index in [9.17, 15) is 14.3 Å². The third kappa shape index (κ3) is 4.25. The van der Waals surface area contributed by atoms with Crippen LogP contribution in [0.15, 0.2) is 36.4 Å². The lowest BCUT2D eigenvalue weighted by molar-refractivity contribution is 0.0691. The van der Waals surface area contributed by atoms with Crippen LogP contribution in [0.2, 0.25) is 0 Å². The summed E-state index contributed by atoms with van der Waals surface area (Å²) in [6.07, 6.45) is 0.604. The van der Waals surface area contributed by atoms with Crippen LogP contribution in [0.5, 0.6) is 0 Å². The first-order chi connectivity index (χ1) is 14.8. The smallest absolute Gasteiger partial charge is 0.354 e. The fraction of sp³-hybridized carbons (Fsp3) is 0.435. The topological polar surface area (TPSA) is 74.5 Å². The number of para-hydroxylation sites is 1. The molecule has 0 aliphatic carbocycles. The van der Waals surface area contributed by atoms with E-state index >= 15 is 0 Å². The molecule has 1 aromatic carbocycles. The summed E-state index contributed by atoms with van der Waals surface area (Å²) in [6.45, 7) is 3.68. The molecular weight excluding hydrogens is 397 g/mol. The number of halogens is 1. The van der Waals surface area contributed by atoms with Gasteiger partial charge in [0.2, 0.25) is 0 Å². The third-order valence-electron chi connectivity index (χ3n) is 5.94. The zero-order valence-electron chi connectivity index (χ0n) is 18.1. The summed E-state index contributed by atoms with van der Waals surface area (Å²) in [4.78, 5) is 20.3. The van der Waals surface area contributed by atoms with E-state index in [1.807, 2.05) is 56.3 Å². The van der Waals surface area contributed by atoms with Crippen molar-refractivity contribution in [3.8, 4) is 5.69 Å². The van der Waals surface area contributed by atoms with Crippen molar-refractivity contribution >= 4 is 22.7 Å². The van der Waals surface area contributed by atoms with Crippen molar-refractivity contribution in [2.24, 2.45) is 5.92 Å². The lowest BCUT2D eigenvalue weighted by atomic mass is 9.91. The molecule has 0 radical (unpaired) electrons. The van der Waals surface area contributed by atoms with Crippen molar-refractivity contribution in [2.45, 2.75) is 25.9 Å². The monoisotopic (exact) mass is 425 g/mol. The molecule has 2 aromatic heterocycles. The van der Waals surface area contributed by atoms with E-state index in [0.29, 0.717) is 25.3 Å². The van der Waals surface area contributed by atoms with Gasteiger partial charge in [0, 0.05) is 19.6 Å². The number of aromatic nitrogens is 3. The number of nitrogens with zero attached hydrogens (tertiary/aromatic N) is 5. The van der Waals surface area contributed by atoms with Crippen LogP contribution in [-0.2, 0) is 0 Å². The Morgan fingerprint density at radius 1 is 1.26 bits per heavy atom. The molecule has 3 aromatic rings. The first-order valence-electron chi connectivity index (χ1n) is 10.6. The maximum absolute atomic E-state index is 14.6. The molecule has 0 saturated carbocycles. The minimum absolute atomic E-state index is 0.0160. The Morgan fingerprint density at radius 2 is 1.94 bits per heavy atom. The number of anilines is 1. The largest absolute Gasteiger partial charge is 0.477 e. The van der Waals surface area contributed by atoms with Crippen LogP contribution in [0.25, 0.3) is 16.7 Å². The van der Waals surface area contributed by atoms with Crippen LogP contribution >= 0.6 is 0 Å². The number of hydrogen-bond acceptors (Lipinski definition) is 5. The van der Waals surface area contributed by atoms with Crippen LogP contribution < -0.4 is 4.90 Å². The van der Waals surface area contributed by atoms with E-state index in [0.717, 1.165) is 35.3 Å². The zero-order valence-corrected chi connectivity index (χ0v) is 18.1. The fourth-order valence-corrected chi connectivity index (χ4v) is 4.37. The van der Waals surface area contributed by atoms with Crippen LogP contribution in [0.1, 0.15) is 29.0 Å². The standard InChI is InChI=1S/C23H28FN5O2/c1-15-21-20(28-11-9-16(10-12-28)18(24)14-27(2)3)13-19(23(30)31)25-22(21)29(26-15)17-7-5-4-6-8-17/h4-8,13,16,18H,9-12,14H2,1-3H3,(H,30,31)/t18-/m1/s1. The molecular formula is C23H28FN5O2. The molecule has 164 valence electrons. The number of aromatic carboxylic acids is 1. The molecule has 0 unspecified atom stereocenters. The number of fused-ring (bicyclic) bond motifs is 1. The second kappa shape index (κ2) is 8.63. The molecule has 1 aliphatic heterocycles. The Balaban J connectivity index is 1.71. The molecule has 0 spiro atoms. The molecule has 31 heavy (non-hydrogen) atoms. The Kier molecular flexibility index (Phi) is 5.91. The summed E-state index contributed by atoms with van der Waals surface area (Å²) in [7, 11) is 3.77. The number of carbonyl (C=O) groups is 1. The van der Waals surface area contributed by atoms with Crippen molar-refractivity contribution in [1.29, 1.82) is 0 Å². The van der Waals surface area contributed by atoms with Gasteiger partial charge in [-0.1, -0.05) is 18.2 Å². The quantitative estimate of drug-likeness (QED) is 0.651. The zero-order chi connectivity index (χ0) is 22.1. The van der Waals surface area contributed by atoms with Crippen molar-refractivity contribution < 1.29 is 14.3 Å². The normalized spacial score (nSPS) is 16.2. The van der Waals surface area contributed by atoms with Crippen LogP contribution in [0.4, 0.5) is 10.1 Å². The second-order valence-corrected chi connectivity index (χ2v) is 8.47. The van der Waals surface area contributed by atoms with E-state index in [-0.39, 0.29) is 11.6 Å². The van der Waals surface area contributed by atoms with E-state index in [1.165, 1.54) is 0 Å². The van der Waals surface area contributed by atoms with E-state index in [1.54, 1.807) is 10.7 Å². The highest BCUT2D eigenvalue weighted by atomic mass is 19.1. The van der Waals surface area contributed by atoms with Gasteiger partial charge in [-0.2, -0.15) is 5.10 Å². The average molecular weight is 426 g/mol. The fourth-order valence-electron chi connectivity index (χ4n) is 4.37. The summed E-state index contributed by atoms with van der Waals surface area (Å²) in [5.41, 5.74) is 2.93. The Labute approximate surface area is 181 Å². The van der Waals surface area contributed by atoms with Gasteiger partial charge in [-0.05, 0) is 58.0 Å². The number of aryl methyl sites for hydroxylation is 1. The second-order valence-electron chi connectivity index (χ2n) is 8.47. The predicted octanol–water partition coefficient (Wildman–Crippen LogP) is 3.54. The van der Waals surface area contributed by atoms with Gasteiger partial charge < -0.3 is 14.9 Å². The number of pyridine rings is 1. The van der Waals surface area contributed by atoms with Gasteiger partial charge in [-0.25, -0.2) is 18.9 Å². The highest BCUT2D eigenvalue weighted by Gasteiger charge is 2.29. The highest BCUT2D eigenvalue weighted by Crippen LogP contribution is 2.34. The highest BCUT2D eigenvalue weighted by molar-refractivity contribution is 5.98. The van der Waals surface area contributed by atoms with Gasteiger partial charge in [-0.15, -0.1) is 0 Å². The van der Waals surface area contributed by atoms with Gasteiger partial charge in [0.15, 0.2) is 11.3 Å². The molecule has 0 bridgehead atoms. The molecule has 4 rings (SSSR count). The van der Waals surface area contributed by atoms with Gasteiger partial charge in [0.05, 0.1) is 22.5 Å². The molecule has 1 fully saturated rings. The number of carboxylic acids is 1. The first-order valence-corrected chi connectivity index (χ1v) is 10.6. The van der Waals surface area contributed by atoms with E-state index < -0.39 is 12.1 Å². The molecule has 7 nitrogen and oxygen atoms in total. The van der Waals surface area contributed by atoms with Crippen molar-refractivity contribution in [2.75, 3.05) is 38.6 Å². The third-order valence-corrected chi connectivity index (χ3v) is 5.94. The summed E-state index contributed by atoms with van der Waals surface area (Å²) < 4.78 is 16.3. The molecule has 8 heteroatoms. The van der Waals surface area contributed by atoms with Gasteiger partial charge in [0.25, 0.3) is 0 Å². The summed E-state index contributed by atoms with van der Waals surface area (Å²) in [6, 6.07) is 11.2. The predicted molar refractivity (Wildman–Crippen MR) is 119 cm³/mol. The number of piperidine rings is 1. The van der Waals surface area contributed by atoms with E-state index in [4.69, 9.17) is 0 Å². The summed E-state index contributed by atoms with van der Waals surface area (Å²) in [5.74, 6) is -1.06. The van der Waals surface area contributed by atoms with Crippen molar-refractivity contribution in [1.82, 2.24) is 19.7 Å². The maximum Gasteiger partial charge on any atom is 0.354 e. The van der Waals surface area contributed by atoms with Crippen LogP contribution in [0.3, 0.4) is 0 Å². The average Bonchev–Trinajstić information content (AvgIpc) is 3.10. The van der Waals surface area contributed by atoms with Crippen molar-refractivity contribution in [3.05, 3.63) is 47.8 Å². The number of alkyl halides is 1. The number of carboxylic acid groups (broad SMARTS) is 1. The Bertz CT molecular complexity index is 1070. The summed E-state index contributed by atoms with van der Waals surface area (Å²) >= 11 is 0. The number of rotatable bonds is 6. The molecule has 1 N–H and O–H groups in total. The molecule has 0 amide bonds. The van der Waals surface area contributed by atoms with Gasteiger partial charge in [0.1, 0.15) is 6.17 Å². The van der Waals surface area contributed by atoms with Crippen molar-refractivity contribution in [3.63, 3.8) is 0 Å². The molecule has 3 heterocycles.